The smallest absolute Gasteiger partial charge is 0.246 e. The summed E-state index contributed by atoms with van der Waals surface area (Å²) in [4.78, 5) is 28.4. The zero-order chi connectivity index (χ0) is 18.4. The summed E-state index contributed by atoms with van der Waals surface area (Å²) in [5.41, 5.74) is 2.98. The predicted octanol–water partition coefficient (Wildman–Crippen LogP) is 3.96. The number of hydrogen-bond acceptors (Lipinski definition) is 2. The number of carbonyl (C=O) groups is 2. The van der Waals surface area contributed by atoms with Gasteiger partial charge in [0, 0.05) is 19.2 Å². The van der Waals surface area contributed by atoms with Crippen LogP contribution in [0.15, 0.2) is 54.6 Å². The molecule has 0 N–H and O–H groups in total. The average molecular weight is 338 g/mol. The van der Waals surface area contributed by atoms with Crippen LogP contribution < -0.4 is 4.90 Å². The highest BCUT2D eigenvalue weighted by Crippen LogP contribution is 2.21. The third-order valence-electron chi connectivity index (χ3n) is 4.39. The van der Waals surface area contributed by atoms with Gasteiger partial charge in [-0.3, -0.25) is 9.59 Å². The van der Waals surface area contributed by atoms with Crippen LogP contribution in [0.25, 0.3) is 0 Å². The van der Waals surface area contributed by atoms with Gasteiger partial charge in [0.25, 0.3) is 0 Å². The highest BCUT2D eigenvalue weighted by atomic mass is 16.2. The second-order valence-corrected chi connectivity index (χ2v) is 6.21. The molecule has 2 amide bonds. The van der Waals surface area contributed by atoms with Crippen LogP contribution in [-0.4, -0.2) is 29.8 Å². The van der Waals surface area contributed by atoms with Crippen molar-refractivity contribution in [2.75, 3.05) is 18.0 Å². The van der Waals surface area contributed by atoms with Crippen molar-refractivity contribution >= 4 is 17.5 Å². The maximum absolute atomic E-state index is 12.9. The van der Waals surface area contributed by atoms with Gasteiger partial charge in [0.1, 0.15) is 6.54 Å². The zero-order valence-corrected chi connectivity index (χ0v) is 15.4. The van der Waals surface area contributed by atoms with Crippen LogP contribution in [0, 0.1) is 6.92 Å². The fourth-order valence-corrected chi connectivity index (χ4v) is 2.96. The molecule has 0 aliphatic rings. The number of anilines is 1. The molecule has 1 atom stereocenters. The van der Waals surface area contributed by atoms with Crippen LogP contribution in [0.4, 0.5) is 5.69 Å². The lowest BCUT2D eigenvalue weighted by Gasteiger charge is -2.31. The summed E-state index contributed by atoms with van der Waals surface area (Å²) < 4.78 is 0. The van der Waals surface area contributed by atoms with Crippen LogP contribution in [0.1, 0.15) is 37.9 Å². The first-order valence-corrected chi connectivity index (χ1v) is 8.63. The molecule has 0 saturated heterocycles. The van der Waals surface area contributed by atoms with Crippen LogP contribution in [-0.2, 0) is 9.59 Å². The van der Waals surface area contributed by atoms with Crippen molar-refractivity contribution in [1.29, 1.82) is 0 Å². The lowest BCUT2D eigenvalue weighted by Crippen LogP contribution is -2.43. The number of carbonyl (C=O) groups excluding carboxylic acids is 2. The van der Waals surface area contributed by atoms with E-state index in [1.54, 1.807) is 9.80 Å². The Morgan fingerprint density at radius 1 is 1.04 bits per heavy atom. The molecule has 4 nitrogen and oxygen atoms in total. The molecule has 0 aliphatic heterocycles. The summed E-state index contributed by atoms with van der Waals surface area (Å²) in [5, 5.41) is 0. The monoisotopic (exact) mass is 338 g/mol. The van der Waals surface area contributed by atoms with Crippen molar-refractivity contribution in [3.05, 3.63) is 65.7 Å². The van der Waals surface area contributed by atoms with Gasteiger partial charge >= 0.3 is 0 Å². The van der Waals surface area contributed by atoms with Gasteiger partial charge in [-0.2, -0.15) is 0 Å². The van der Waals surface area contributed by atoms with Crippen LogP contribution >= 0.6 is 0 Å². The van der Waals surface area contributed by atoms with Crippen molar-refractivity contribution in [1.82, 2.24) is 4.90 Å². The third-order valence-corrected chi connectivity index (χ3v) is 4.39. The molecule has 0 saturated carbocycles. The van der Waals surface area contributed by atoms with Crippen molar-refractivity contribution in [2.24, 2.45) is 0 Å². The minimum absolute atomic E-state index is 0.0627. The van der Waals surface area contributed by atoms with E-state index in [1.165, 1.54) is 6.92 Å². The Morgan fingerprint density at radius 2 is 1.72 bits per heavy atom. The highest BCUT2D eigenvalue weighted by Gasteiger charge is 2.24. The molecule has 132 valence electrons. The van der Waals surface area contributed by atoms with Gasteiger partial charge in [0.15, 0.2) is 0 Å². The molecule has 0 bridgehead atoms. The molecule has 1 unspecified atom stereocenters. The number of aryl methyl sites for hydroxylation is 1. The van der Waals surface area contributed by atoms with E-state index in [2.05, 4.69) is 0 Å². The van der Waals surface area contributed by atoms with E-state index < -0.39 is 0 Å². The fourth-order valence-electron chi connectivity index (χ4n) is 2.96. The molecule has 2 aromatic carbocycles. The Morgan fingerprint density at radius 3 is 2.28 bits per heavy atom. The first-order valence-electron chi connectivity index (χ1n) is 8.63. The van der Waals surface area contributed by atoms with Gasteiger partial charge in [-0.05, 0) is 44.0 Å². The lowest BCUT2D eigenvalue weighted by molar-refractivity contribution is -0.135. The van der Waals surface area contributed by atoms with Gasteiger partial charge in [0.05, 0.1) is 6.04 Å². The molecule has 0 aromatic heterocycles. The Hall–Kier alpha value is -2.62. The normalized spacial score (nSPS) is 11.7. The average Bonchev–Trinajstić information content (AvgIpc) is 2.60. The van der Waals surface area contributed by atoms with E-state index in [1.807, 2.05) is 75.4 Å². The molecule has 0 aliphatic carbocycles. The Bertz CT molecular complexity index is 728. The summed E-state index contributed by atoms with van der Waals surface area (Å²) in [6.07, 6.45) is 0. The van der Waals surface area contributed by atoms with Crippen LogP contribution in [0.3, 0.4) is 0 Å². The van der Waals surface area contributed by atoms with E-state index in [4.69, 9.17) is 0 Å². The fraction of sp³-hybridized carbons (Fsp3) is 0.333. The molecule has 2 aromatic rings. The van der Waals surface area contributed by atoms with Crippen molar-refractivity contribution in [2.45, 2.75) is 33.7 Å². The van der Waals surface area contributed by atoms with Crippen molar-refractivity contribution in [3.8, 4) is 0 Å². The standard InChI is InChI=1S/C21H26N2O2/c1-5-22(20-13-9-10-16(2)14-20)21(25)15-23(18(4)24)17(3)19-11-7-6-8-12-19/h6-14,17H,5,15H2,1-4H3. The number of hydrogen-bond donors (Lipinski definition) is 0. The van der Waals surface area contributed by atoms with Gasteiger partial charge in [-0.15, -0.1) is 0 Å². The summed E-state index contributed by atoms with van der Waals surface area (Å²) in [6, 6.07) is 17.5. The third kappa shape index (κ3) is 4.69. The summed E-state index contributed by atoms with van der Waals surface area (Å²) in [5.74, 6) is -0.184. The molecular weight excluding hydrogens is 312 g/mol. The van der Waals surface area contributed by atoms with E-state index in [0.717, 1.165) is 16.8 Å². The van der Waals surface area contributed by atoms with E-state index >= 15 is 0 Å². The highest BCUT2D eigenvalue weighted by molar-refractivity contribution is 5.96. The summed E-state index contributed by atoms with van der Waals surface area (Å²) >= 11 is 0. The molecule has 25 heavy (non-hydrogen) atoms. The Kier molecular flexibility index (Phi) is 6.34. The molecular formula is C21H26N2O2. The van der Waals surface area contributed by atoms with Crippen LogP contribution in [0.5, 0.6) is 0 Å². The number of rotatable bonds is 6. The number of benzene rings is 2. The number of likely N-dealkylation sites (N-methyl/N-ethyl adjacent to an activating group) is 1. The van der Waals surface area contributed by atoms with Gasteiger partial charge in [0.2, 0.25) is 11.8 Å². The second kappa shape index (κ2) is 8.47. The van der Waals surface area contributed by atoms with E-state index in [0.29, 0.717) is 6.54 Å². The molecule has 2 rings (SSSR count). The quantitative estimate of drug-likeness (QED) is 0.800. The minimum Gasteiger partial charge on any atom is -0.327 e. The molecule has 0 spiro atoms. The first kappa shape index (κ1) is 18.7. The maximum atomic E-state index is 12.9. The molecule has 4 heteroatoms. The second-order valence-electron chi connectivity index (χ2n) is 6.21. The van der Waals surface area contributed by atoms with Crippen LogP contribution in [0.2, 0.25) is 0 Å². The number of amides is 2. The summed E-state index contributed by atoms with van der Waals surface area (Å²) in [6.45, 7) is 8.03. The Balaban J connectivity index is 2.20. The van der Waals surface area contributed by atoms with Gasteiger partial charge in [-0.1, -0.05) is 42.5 Å². The van der Waals surface area contributed by atoms with Crippen molar-refractivity contribution in [3.63, 3.8) is 0 Å². The van der Waals surface area contributed by atoms with E-state index in [9.17, 15) is 9.59 Å². The predicted molar refractivity (Wildman–Crippen MR) is 101 cm³/mol. The maximum Gasteiger partial charge on any atom is 0.246 e. The molecule has 0 heterocycles. The van der Waals surface area contributed by atoms with Crippen molar-refractivity contribution < 1.29 is 9.59 Å². The first-order chi connectivity index (χ1) is 11.9. The lowest BCUT2D eigenvalue weighted by atomic mass is 10.1. The summed E-state index contributed by atoms with van der Waals surface area (Å²) in [7, 11) is 0. The van der Waals surface area contributed by atoms with Gasteiger partial charge < -0.3 is 9.80 Å². The molecule has 0 radical (unpaired) electrons. The Labute approximate surface area is 150 Å². The zero-order valence-electron chi connectivity index (χ0n) is 15.4. The minimum atomic E-state index is -0.154. The van der Waals surface area contributed by atoms with Gasteiger partial charge in [-0.25, -0.2) is 0 Å². The SMILES string of the molecule is CCN(C(=O)CN(C(C)=O)C(C)c1ccccc1)c1cccc(C)c1. The largest absolute Gasteiger partial charge is 0.327 e. The molecule has 0 fully saturated rings. The number of nitrogens with zero attached hydrogens (tertiary/aromatic N) is 2. The topological polar surface area (TPSA) is 40.6 Å². The van der Waals surface area contributed by atoms with E-state index in [-0.39, 0.29) is 24.4 Å².